The van der Waals surface area contributed by atoms with Crippen LogP contribution in [0.5, 0.6) is 5.75 Å². The number of ether oxygens (including phenoxy) is 1. The van der Waals surface area contributed by atoms with Crippen LogP contribution in [-0.4, -0.2) is 36.4 Å². The Morgan fingerprint density at radius 1 is 1.11 bits per heavy atom. The highest BCUT2D eigenvalue weighted by molar-refractivity contribution is 5.67. The van der Waals surface area contributed by atoms with Crippen molar-refractivity contribution in [3.8, 4) is 11.6 Å². The Hall–Kier alpha value is -3.95. The van der Waals surface area contributed by atoms with E-state index >= 15 is 0 Å². The molecule has 1 aliphatic rings. The number of hydrogen-bond acceptors (Lipinski definition) is 5. The smallest absolute Gasteiger partial charge is 0.416 e. The van der Waals surface area contributed by atoms with Crippen LogP contribution in [-0.2, 0) is 12.7 Å². The summed E-state index contributed by atoms with van der Waals surface area (Å²) < 4.78 is 48.0. The highest BCUT2D eigenvalue weighted by atomic mass is 19.4. The molecule has 4 heterocycles. The molecule has 10 heteroatoms. The summed E-state index contributed by atoms with van der Waals surface area (Å²) in [6.07, 6.45) is 6.27. The number of halogens is 3. The Morgan fingerprint density at radius 3 is 2.60 bits per heavy atom. The molecule has 0 radical (unpaired) electrons. The van der Waals surface area contributed by atoms with Crippen LogP contribution in [0.25, 0.3) is 18.0 Å². The van der Waals surface area contributed by atoms with Gasteiger partial charge in [-0.3, -0.25) is 4.57 Å². The normalized spacial score (nSPS) is 16.0. The molecule has 0 spiro atoms. The predicted molar refractivity (Wildman–Crippen MR) is 124 cm³/mol. The van der Waals surface area contributed by atoms with Gasteiger partial charge in [-0.25, -0.2) is 19.6 Å². The van der Waals surface area contributed by atoms with Crippen molar-refractivity contribution in [3.63, 3.8) is 0 Å². The number of fused-ring (bicyclic) bond motifs is 1. The van der Waals surface area contributed by atoms with Crippen molar-refractivity contribution in [3.05, 3.63) is 83.1 Å². The summed E-state index contributed by atoms with van der Waals surface area (Å²) in [4.78, 5) is 13.4. The summed E-state index contributed by atoms with van der Waals surface area (Å²) in [5.74, 6) is 2.44. The van der Waals surface area contributed by atoms with Crippen LogP contribution < -0.4 is 4.74 Å². The van der Waals surface area contributed by atoms with Gasteiger partial charge in [0.1, 0.15) is 12.2 Å². The predicted octanol–water partition coefficient (Wildman–Crippen LogP) is 5.29. The van der Waals surface area contributed by atoms with Crippen molar-refractivity contribution in [1.29, 1.82) is 0 Å². The first-order valence-electron chi connectivity index (χ1n) is 11.2. The van der Waals surface area contributed by atoms with Gasteiger partial charge in [0.05, 0.1) is 18.4 Å². The lowest BCUT2D eigenvalue weighted by Gasteiger charge is -2.22. The van der Waals surface area contributed by atoms with Crippen LogP contribution in [0, 0.1) is 6.92 Å². The third kappa shape index (κ3) is 4.68. The minimum atomic E-state index is -4.35. The second kappa shape index (κ2) is 9.01. The van der Waals surface area contributed by atoms with E-state index < -0.39 is 11.7 Å². The first-order valence-corrected chi connectivity index (χ1v) is 11.2. The number of aryl methyl sites for hydroxylation is 2. The molecular formula is C25H23F3N6O. The minimum absolute atomic E-state index is 0.0969. The average molecular weight is 480 g/mol. The molecule has 0 fully saturated rings. The lowest BCUT2D eigenvalue weighted by molar-refractivity contribution is -0.137. The molecule has 35 heavy (non-hydrogen) atoms. The van der Waals surface area contributed by atoms with Crippen LogP contribution in [0.2, 0.25) is 0 Å². The SMILES string of the molecule is COc1cc(/C=C/c2nc3n(n2)CCC[C@@H]3c2ccc(C(F)(F)F)cc2)cnc1-n1cnc(C)c1. The lowest BCUT2D eigenvalue weighted by Crippen LogP contribution is -2.18. The maximum atomic E-state index is 12.9. The molecule has 0 saturated heterocycles. The number of imidazole rings is 1. The lowest BCUT2D eigenvalue weighted by atomic mass is 9.90. The van der Waals surface area contributed by atoms with Crippen molar-refractivity contribution in [2.24, 2.45) is 0 Å². The van der Waals surface area contributed by atoms with Gasteiger partial charge in [0.25, 0.3) is 0 Å². The number of hydrogen-bond donors (Lipinski definition) is 0. The first kappa shape index (κ1) is 22.8. The molecule has 0 unspecified atom stereocenters. The van der Waals surface area contributed by atoms with Crippen LogP contribution in [0.3, 0.4) is 0 Å². The summed E-state index contributed by atoms with van der Waals surface area (Å²) in [6.45, 7) is 2.63. The molecule has 7 nitrogen and oxygen atoms in total. The number of methoxy groups -OCH3 is 1. The number of alkyl halides is 3. The summed E-state index contributed by atoms with van der Waals surface area (Å²) in [5, 5.41) is 4.58. The molecule has 0 bridgehead atoms. The number of benzene rings is 1. The fourth-order valence-corrected chi connectivity index (χ4v) is 4.26. The Labute approximate surface area is 199 Å². The molecule has 0 aliphatic carbocycles. The fraction of sp³-hybridized carbons (Fsp3) is 0.280. The molecule has 5 rings (SSSR count). The maximum Gasteiger partial charge on any atom is 0.416 e. The zero-order chi connectivity index (χ0) is 24.6. The van der Waals surface area contributed by atoms with Crippen LogP contribution >= 0.6 is 0 Å². The van der Waals surface area contributed by atoms with Gasteiger partial charge in [-0.05, 0) is 61.2 Å². The molecule has 1 aliphatic heterocycles. The van der Waals surface area contributed by atoms with Crippen molar-refractivity contribution >= 4 is 12.2 Å². The number of nitrogens with zero attached hydrogens (tertiary/aromatic N) is 6. The zero-order valence-corrected chi connectivity index (χ0v) is 19.2. The van der Waals surface area contributed by atoms with E-state index in [1.807, 2.05) is 29.9 Å². The molecule has 3 aromatic heterocycles. The monoisotopic (exact) mass is 480 g/mol. The van der Waals surface area contributed by atoms with E-state index in [1.165, 1.54) is 12.1 Å². The van der Waals surface area contributed by atoms with Crippen molar-refractivity contribution in [2.75, 3.05) is 7.11 Å². The number of pyridine rings is 1. The van der Waals surface area contributed by atoms with Gasteiger partial charge >= 0.3 is 6.18 Å². The third-order valence-electron chi connectivity index (χ3n) is 5.99. The van der Waals surface area contributed by atoms with Crippen molar-refractivity contribution < 1.29 is 17.9 Å². The zero-order valence-electron chi connectivity index (χ0n) is 19.2. The quantitative estimate of drug-likeness (QED) is 0.388. The average Bonchev–Trinajstić information content (AvgIpc) is 3.47. The summed E-state index contributed by atoms with van der Waals surface area (Å²) in [6, 6.07) is 7.19. The Morgan fingerprint density at radius 2 is 1.91 bits per heavy atom. The Bertz CT molecular complexity index is 1370. The first-order chi connectivity index (χ1) is 16.8. The van der Waals surface area contributed by atoms with Crippen molar-refractivity contribution in [1.82, 2.24) is 29.3 Å². The van der Waals surface area contributed by atoms with E-state index in [0.29, 0.717) is 17.4 Å². The van der Waals surface area contributed by atoms with Gasteiger partial charge in [-0.1, -0.05) is 12.1 Å². The van der Waals surface area contributed by atoms with Crippen molar-refractivity contribution in [2.45, 2.75) is 38.4 Å². The molecule has 0 amide bonds. The molecule has 1 atom stereocenters. The van der Waals surface area contributed by atoms with E-state index in [0.717, 1.165) is 54.2 Å². The molecule has 4 aromatic rings. The summed E-state index contributed by atoms with van der Waals surface area (Å²) in [7, 11) is 1.59. The van der Waals surface area contributed by atoms with Gasteiger partial charge in [-0.15, -0.1) is 0 Å². The molecule has 180 valence electrons. The topological polar surface area (TPSA) is 70.7 Å². The number of rotatable bonds is 5. The number of aromatic nitrogens is 6. The fourth-order valence-electron chi connectivity index (χ4n) is 4.26. The van der Waals surface area contributed by atoms with Crippen LogP contribution in [0.1, 0.15) is 52.8 Å². The molecule has 1 aromatic carbocycles. The van der Waals surface area contributed by atoms with Crippen LogP contribution in [0.4, 0.5) is 13.2 Å². The van der Waals surface area contributed by atoms with E-state index in [1.54, 1.807) is 30.3 Å². The molecular weight excluding hydrogens is 457 g/mol. The van der Waals surface area contributed by atoms with E-state index in [4.69, 9.17) is 4.74 Å². The molecule has 0 saturated carbocycles. The Kier molecular flexibility index (Phi) is 5.88. The van der Waals surface area contributed by atoms with Gasteiger partial charge in [0, 0.05) is 24.9 Å². The highest BCUT2D eigenvalue weighted by Crippen LogP contribution is 2.35. The Balaban J connectivity index is 1.38. The largest absolute Gasteiger partial charge is 0.493 e. The van der Waals surface area contributed by atoms with Crippen LogP contribution in [0.15, 0.2) is 49.1 Å². The second-order valence-electron chi connectivity index (χ2n) is 8.42. The van der Waals surface area contributed by atoms with E-state index in [-0.39, 0.29) is 5.92 Å². The van der Waals surface area contributed by atoms with E-state index in [9.17, 15) is 13.2 Å². The maximum absolute atomic E-state index is 12.9. The highest BCUT2D eigenvalue weighted by Gasteiger charge is 2.31. The summed E-state index contributed by atoms with van der Waals surface area (Å²) >= 11 is 0. The summed E-state index contributed by atoms with van der Waals surface area (Å²) in [5.41, 5.74) is 1.85. The van der Waals surface area contributed by atoms with Gasteiger partial charge in [0.15, 0.2) is 17.4 Å². The van der Waals surface area contributed by atoms with Gasteiger partial charge in [0.2, 0.25) is 0 Å². The second-order valence-corrected chi connectivity index (χ2v) is 8.42. The third-order valence-corrected chi connectivity index (χ3v) is 5.99. The molecule has 0 N–H and O–H groups in total. The van der Waals surface area contributed by atoms with Gasteiger partial charge in [-0.2, -0.15) is 18.3 Å². The van der Waals surface area contributed by atoms with Gasteiger partial charge < -0.3 is 4.74 Å². The minimum Gasteiger partial charge on any atom is -0.493 e. The standard InChI is InChI=1S/C25H23F3N6O/c1-16-14-33(15-30-16)24-21(35-2)12-17(13-29-24)5-10-22-31-23-20(4-3-11-34(23)32-22)18-6-8-19(9-7-18)25(26,27)28/h5-10,12-15,20H,3-4,11H2,1-2H3/b10-5+/t20-/m1/s1. The van der Waals surface area contributed by atoms with E-state index in [2.05, 4.69) is 20.1 Å².